The second kappa shape index (κ2) is 12.1. The van der Waals surface area contributed by atoms with E-state index in [1.807, 2.05) is 35.2 Å². The Morgan fingerprint density at radius 1 is 0.825 bits per heavy atom. The van der Waals surface area contributed by atoms with Crippen LogP contribution in [0.5, 0.6) is 0 Å². The number of hydrogen-bond acceptors (Lipinski definition) is 3. The van der Waals surface area contributed by atoms with Crippen LogP contribution in [-0.4, -0.2) is 28.6 Å². The van der Waals surface area contributed by atoms with Crippen molar-refractivity contribution in [1.29, 1.82) is 0 Å². The van der Waals surface area contributed by atoms with Gasteiger partial charge < -0.3 is 19.5 Å². The Bertz CT molecular complexity index is 1490. The SMILES string of the molecule is O=C(OCc1ccccc1)N1CCC[C@@H]1Cc1c[nH]c2ccc(N(Cc3ccccc3)Cc3ccccc3)cc12. The molecule has 2 heterocycles. The summed E-state index contributed by atoms with van der Waals surface area (Å²) in [7, 11) is 0. The van der Waals surface area contributed by atoms with Crippen LogP contribution in [0.3, 0.4) is 0 Å². The number of ether oxygens (including phenoxy) is 1. The van der Waals surface area contributed by atoms with Crippen molar-refractivity contribution in [2.45, 2.75) is 45.0 Å². The normalized spacial score (nSPS) is 14.9. The monoisotopic (exact) mass is 529 g/mol. The summed E-state index contributed by atoms with van der Waals surface area (Å²) in [5.41, 5.74) is 7.11. The van der Waals surface area contributed by atoms with Crippen molar-refractivity contribution in [3.63, 3.8) is 0 Å². The zero-order chi connectivity index (χ0) is 27.1. The summed E-state index contributed by atoms with van der Waals surface area (Å²) in [5, 5.41) is 1.22. The van der Waals surface area contributed by atoms with Gasteiger partial charge in [0.1, 0.15) is 6.61 Å². The number of nitrogens with one attached hydrogen (secondary N) is 1. The van der Waals surface area contributed by atoms with Gasteiger partial charge in [-0.1, -0.05) is 91.0 Å². The molecule has 0 aliphatic carbocycles. The number of likely N-dealkylation sites (tertiary alicyclic amines) is 1. The van der Waals surface area contributed by atoms with Gasteiger partial charge in [0.2, 0.25) is 0 Å². The predicted octanol–water partition coefficient (Wildman–Crippen LogP) is 7.72. The van der Waals surface area contributed by atoms with Crippen molar-refractivity contribution in [3.8, 4) is 0 Å². The summed E-state index contributed by atoms with van der Waals surface area (Å²) in [4.78, 5) is 20.8. The van der Waals surface area contributed by atoms with Crippen LogP contribution >= 0.6 is 0 Å². The summed E-state index contributed by atoms with van der Waals surface area (Å²) in [6.07, 6.45) is 4.69. The highest BCUT2D eigenvalue weighted by Gasteiger charge is 2.30. The number of rotatable bonds is 9. The van der Waals surface area contributed by atoms with Crippen LogP contribution in [0.2, 0.25) is 0 Å². The van der Waals surface area contributed by atoms with Gasteiger partial charge in [0.05, 0.1) is 0 Å². The van der Waals surface area contributed by atoms with E-state index in [0.717, 1.165) is 50.0 Å². The number of aromatic amines is 1. The standard InChI is InChI=1S/C35H35N3O2/c39-35(40-26-29-15-8-3-9-16-29)38-20-10-17-32(38)21-30-23-36-34-19-18-31(22-33(30)34)37(24-27-11-4-1-5-12-27)25-28-13-6-2-7-14-28/h1-9,11-16,18-19,22-23,32,36H,10,17,20-21,24-26H2/t32-/m1/s1. The van der Waals surface area contributed by atoms with E-state index in [9.17, 15) is 4.79 Å². The van der Waals surface area contributed by atoms with Crippen LogP contribution in [0, 0.1) is 0 Å². The molecule has 0 bridgehead atoms. The lowest BCUT2D eigenvalue weighted by Crippen LogP contribution is -2.37. The maximum absolute atomic E-state index is 13.0. The third-order valence-electron chi connectivity index (χ3n) is 7.82. The molecule has 40 heavy (non-hydrogen) atoms. The number of aromatic nitrogens is 1. The van der Waals surface area contributed by atoms with Crippen molar-refractivity contribution in [3.05, 3.63) is 138 Å². The predicted molar refractivity (Wildman–Crippen MR) is 161 cm³/mol. The van der Waals surface area contributed by atoms with Crippen molar-refractivity contribution in [2.75, 3.05) is 11.4 Å². The van der Waals surface area contributed by atoms with Crippen molar-refractivity contribution in [1.82, 2.24) is 9.88 Å². The Labute approximate surface area is 236 Å². The van der Waals surface area contributed by atoms with Gasteiger partial charge in [0, 0.05) is 48.5 Å². The van der Waals surface area contributed by atoms with Crippen LogP contribution in [0.1, 0.15) is 35.1 Å². The second-order valence-corrected chi connectivity index (χ2v) is 10.6. The molecule has 6 rings (SSSR count). The smallest absolute Gasteiger partial charge is 0.410 e. The number of nitrogens with zero attached hydrogens (tertiary/aromatic N) is 2. The van der Waals surface area contributed by atoms with E-state index in [0.29, 0.717) is 6.61 Å². The maximum Gasteiger partial charge on any atom is 0.410 e. The zero-order valence-corrected chi connectivity index (χ0v) is 22.7. The van der Waals surface area contributed by atoms with E-state index in [4.69, 9.17) is 4.74 Å². The molecule has 0 radical (unpaired) electrons. The lowest BCUT2D eigenvalue weighted by atomic mass is 10.0. The summed E-state index contributed by atoms with van der Waals surface area (Å²) in [5.74, 6) is 0. The van der Waals surface area contributed by atoms with Crippen molar-refractivity contribution >= 4 is 22.7 Å². The Morgan fingerprint density at radius 3 is 2.10 bits per heavy atom. The van der Waals surface area contributed by atoms with E-state index in [-0.39, 0.29) is 12.1 Å². The molecule has 1 saturated heterocycles. The molecule has 0 unspecified atom stereocenters. The molecule has 1 aliphatic rings. The van der Waals surface area contributed by atoms with Gasteiger partial charge in [-0.2, -0.15) is 0 Å². The highest BCUT2D eigenvalue weighted by molar-refractivity contribution is 5.87. The highest BCUT2D eigenvalue weighted by Crippen LogP contribution is 2.30. The fourth-order valence-electron chi connectivity index (χ4n) is 5.72. The fraction of sp³-hybridized carbons (Fsp3) is 0.229. The molecule has 0 spiro atoms. The summed E-state index contributed by atoms with van der Waals surface area (Å²) in [6, 6.07) is 38.0. The number of carbonyl (C=O) groups excluding carboxylic acids is 1. The van der Waals surface area contributed by atoms with Crippen LogP contribution in [0.25, 0.3) is 10.9 Å². The van der Waals surface area contributed by atoms with Gasteiger partial charge in [-0.25, -0.2) is 4.79 Å². The zero-order valence-electron chi connectivity index (χ0n) is 22.7. The van der Waals surface area contributed by atoms with Crippen LogP contribution in [0.15, 0.2) is 115 Å². The van der Waals surface area contributed by atoms with E-state index >= 15 is 0 Å². The lowest BCUT2D eigenvalue weighted by molar-refractivity contribution is 0.0921. The van der Waals surface area contributed by atoms with E-state index < -0.39 is 0 Å². The average molecular weight is 530 g/mol. The minimum Gasteiger partial charge on any atom is -0.445 e. The fourth-order valence-corrected chi connectivity index (χ4v) is 5.72. The summed E-state index contributed by atoms with van der Waals surface area (Å²) >= 11 is 0. The molecule has 1 aliphatic heterocycles. The molecule has 1 aromatic heterocycles. The lowest BCUT2D eigenvalue weighted by Gasteiger charge is -2.26. The minimum atomic E-state index is -0.219. The molecule has 1 atom stereocenters. The number of hydrogen-bond donors (Lipinski definition) is 1. The molecular formula is C35H35N3O2. The molecule has 1 fully saturated rings. The van der Waals surface area contributed by atoms with Gasteiger partial charge in [-0.05, 0) is 59.7 Å². The highest BCUT2D eigenvalue weighted by atomic mass is 16.6. The first-order valence-electron chi connectivity index (χ1n) is 14.1. The summed E-state index contributed by atoms with van der Waals surface area (Å²) in [6.45, 7) is 2.70. The van der Waals surface area contributed by atoms with Crippen LogP contribution < -0.4 is 4.90 Å². The third-order valence-corrected chi connectivity index (χ3v) is 7.82. The molecule has 0 saturated carbocycles. The van der Waals surface area contributed by atoms with E-state index in [1.165, 1.54) is 27.8 Å². The third kappa shape index (κ3) is 6.04. The summed E-state index contributed by atoms with van der Waals surface area (Å²) < 4.78 is 5.69. The van der Waals surface area contributed by atoms with Gasteiger partial charge in [-0.3, -0.25) is 0 Å². The Morgan fingerprint density at radius 2 is 1.45 bits per heavy atom. The first-order valence-corrected chi connectivity index (χ1v) is 14.1. The number of anilines is 1. The molecule has 5 heteroatoms. The maximum atomic E-state index is 13.0. The van der Waals surface area contributed by atoms with Crippen LogP contribution in [-0.2, 0) is 30.9 Å². The Kier molecular flexibility index (Phi) is 7.80. The molecule has 5 aromatic rings. The molecular weight excluding hydrogens is 494 g/mol. The Hall–Kier alpha value is -4.51. The second-order valence-electron chi connectivity index (χ2n) is 10.6. The molecule has 4 aromatic carbocycles. The van der Waals surface area contributed by atoms with Gasteiger partial charge in [0.15, 0.2) is 0 Å². The molecule has 5 nitrogen and oxygen atoms in total. The van der Waals surface area contributed by atoms with E-state index in [1.54, 1.807) is 0 Å². The molecule has 1 amide bonds. The quantitative estimate of drug-likeness (QED) is 0.213. The number of carbonyl (C=O) groups is 1. The number of H-pyrrole nitrogens is 1. The number of amides is 1. The van der Waals surface area contributed by atoms with E-state index in [2.05, 4.69) is 94.9 Å². The van der Waals surface area contributed by atoms with Gasteiger partial charge in [-0.15, -0.1) is 0 Å². The van der Waals surface area contributed by atoms with Crippen molar-refractivity contribution in [2.24, 2.45) is 0 Å². The first-order chi connectivity index (χ1) is 19.7. The van der Waals surface area contributed by atoms with Gasteiger partial charge >= 0.3 is 6.09 Å². The molecule has 1 N–H and O–H groups in total. The van der Waals surface area contributed by atoms with Gasteiger partial charge in [0.25, 0.3) is 0 Å². The Balaban J connectivity index is 1.21. The first kappa shape index (κ1) is 25.8. The largest absolute Gasteiger partial charge is 0.445 e. The van der Waals surface area contributed by atoms with Crippen LogP contribution in [0.4, 0.5) is 10.5 Å². The minimum absolute atomic E-state index is 0.135. The average Bonchev–Trinajstić information content (AvgIpc) is 3.64. The molecule has 202 valence electrons. The number of fused-ring (bicyclic) bond motifs is 1. The topological polar surface area (TPSA) is 48.6 Å². The van der Waals surface area contributed by atoms with Crippen molar-refractivity contribution < 1.29 is 9.53 Å². The number of benzene rings is 4.